The van der Waals surface area contributed by atoms with Gasteiger partial charge < -0.3 is 4.74 Å². The Hall–Kier alpha value is -1.83. The molecule has 140 valence electrons. The Morgan fingerprint density at radius 3 is 1.68 bits per heavy atom. The molecule has 0 aliphatic rings. The van der Waals surface area contributed by atoms with Crippen molar-refractivity contribution in [3.05, 3.63) is 60.8 Å². The Morgan fingerprint density at radius 2 is 1.16 bits per heavy atom. The molecule has 0 spiro atoms. The highest BCUT2D eigenvalue weighted by Gasteiger charge is 1.94. The number of ether oxygens (including phenoxy) is 1. The molecule has 0 aromatic carbocycles. The molecule has 0 unspecified atom stereocenters. The molecule has 0 saturated heterocycles. The number of carbonyl (C=O) groups excluding carboxylic acids is 1. The number of esters is 1. The van der Waals surface area contributed by atoms with E-state index in [0.717, 1.165) is 25.7 Å². The van der Waals surface area contributed by atoms with Gasteiger partial charge in [0.05, 0.1) is 13.0 Å². The van der Waals surface area contributed by atoms with Crippen LogP contribution < -0.4 is 0 Å². The molecule has 0 N–H and O–H groups in total. The molecule has 2 nitrogen and oxygen atoms in total. The van der Waals surface area contributed by atoms with Gasteiger partial charge in [0.1, 0.15) is 0 Å². The first-order valence-corrected chi connectivity index (χ1v) is 9.71. The first-order chi connectivity index (χ1) is 12.3. The van der Waals surface area contributed by atoms with Crippen LogP contribution in [0, 0.1) is 0 Å². The summed E-state index contributed by atoms with van der Waals surface area (Å²) in [4.78, 5) is 11.1. The van der Waals surface area contributed by atoms with E-state index in [-0.39, 0.29) is 5.97 Å². The zero-order valence-electron chi connectivity index (χ0n) is 16.2. The fourth-order valence-electron chi connectivity index (χ4n) is 2.14. The summed E-state index contributed by atoms with van der Waals surface area (Å²) in [5.41, 5.74) is 0. The summed E-state index contributed by atoms with van der Waals surface area (Å²) in [6.07, 6.45) is 30.9. The van der Waals surface area contributed by atoms with Crippen molar-refractivity contribution >= 4 is 5.97 Å². The van der Waals surface area contributed by atoms with Crippen LogP contribution >= 0.6 is 0 Å². The molecule has 0 aliphatic heterocycles. The number of rotatable bonds is 15. The minimum atomic E-state index is -0.160. The monoisotopic (exact) mass is 344 g/mol. The minimum absolute atomic E-state index is 0.160. The summed E-state index contributed by atoms with van der Waals surface area (Å²) in [6.45, 7) is 4.44. The summed E-state index contributed by atoms with van der Waals surface area (Å²) in [7, 11) is 0. The van der Waals surface area contributed by atoms with E-state index in [1.165, 1.54) is 25.7 Å². The molecule has 0 aromatic rings. The van der Waals surface area contributed by atoms with Gasteiger partial charge in [-0.3, -0.25) is 4.79 Å². The number of unbranched alkanes of at least 4 members (excludes halogenated alkanes) is 3. The lowest BCUT2D eigenvalue weighted by atomic mass is 10.1. The van der Waals surface area contributed by atoms with Crippen LogP contribution in [-0.4, -0.2) is 12.6 Å². The summed E-state index contributed by atoms with van der Waals surface area (Å²) in [5.74, 6) is -0.160. The van der Waals surface area contributed by atoms with Crippen LogP contribution in [0.3, 0.4) is 0 Å². The van der Waals surface area contributed by atoms with Crippen molar-refractivity contribution < 1.29 is 9.53 Å². The third-order valence-corrected chi connectivity index (χ3v) is 3.47. The second-order valence-electron chi connectivity index (χ2n) is 5.77. The predicted octanol–water partition coefficient (Wildman–Crippen LogP) is 6.86. The van der Waals surface area contributed by atoms with Crippen molar-refractivity contribution in [2.75, 3.05) is 6.61 Å². The van der Waals surface area contributed by atoms with Gasteiger partial charge in [0.25, 0.3) is 0 Å². The van der Waals surface area contributed by atoms with Crippen LogP contribution in [0.4, 0.5) is 0 Å². The topological polar surface area (TPSA) is 26.3 Å². The lowest BCUT2D eigenvalue weighted by Crippen LogP contribution is -2.01. The van der Waals surface area contributed by atoms with Crippen molar-refractivity contribution in [3.63, 3.8) is 0 Å². The molecule has 0 rings (SSSR count). The number of allylic oxidation sites excluding steroid dienone is 9. The average molecular weight is 345 g/mol. The number of carbonyl (C=O) groups is 1. The highest BCUT2D eigenvalue weighted by Crippen LogP contribution is 2.03. The van der Waals surface area contributed by atoms with Gasteiger partial charge in [0.15, 0.2) is 0 Å². The molecular weight excluding hydrogens is 308 g/mol. The molecule has 0 atom stereocenters. The molecule has 0 heterocycles. The molecule has 0 amide bonds. The van der Waals surface area contributed by atoms with Crippen LogP contribution in [-0.2, 0) is 9.53 Å². The van der Waals surface area contributed by atoms with E-state index in [1.807, 2.05) is 19.1 Å². The largest absolute Gasteiger partial charge is 0.466 e. The van der Waals surface area contributed by atoms with E-state index in [2.05, 4.69) is 55.5 Å². The van der Waals surface area contributed by atoms with E-state index in [9.17, 15) is 4.79 Å². The van der Waals surface area contributed by atoms with Crippen LogP contribution in [0.15, 0.2) is 60.8 Å². The van der Waals surface area contributed by atoms with Crippen molar-refractivity contribution in [1.29, 1.82) is 0 Å². The Bertz CT molecular complexity index is 439. The molecule has 25 heavy (non-hydrogen) atoms. The first-order valence-electron chi connectivity index (χ1n) is 9.71. The Kier molecular flexibility index (Phi) is 18.7. The minimum Gasteiger partial charge on any atom is -0.466 e. The standard InChI is InChI=1S/C23H36O2/c1-3-5-6-7-8-9-10-11-12-13-14-15-16-17-18-19-20-21-22-23(24)25-4-2/h5-6,11-12,14-15,17-18,20-21H,3-4,7-10,13,16,19,22H2,1-2H3/b6-5-,12-11-,15-14-,18-17-,21-20-. The maximum Gasteiger partial charge on any atom is 0.309 e. The second kappa shape index (κ2) is 20.2. The smallest absolute Gasteiger partial charge is 0.309 e. The van der Waals surface area contributed by atoms with Gasteiger partial charge in [-0.25, -0.2) is 0 Å². The molecule has 0 fully saturated rings. The quantitative estimate of drug-likeness (QED) is 0.184. The van der Waals surface area contributed by atoms with E-state index in [0.29, 0.717) is 13.0 Å². The van der Waals surface area contributed by atoms with E-state index < -0.39 is 0 Å². The lowest BCUT2D eigenvalue weighted by Gasteiger charge is -1.95. The van der Waals surface area contributed by atoms with Gasteiger partial charge in [0, 0.05) is 0 Å². The van der Waals surface area contributed by atoms with Crippen LogP contribution in [0.25, 0.3) is 0 Å². The zero-order valence-corrected chi connectivity index (χ0v) is 16.2. The predicted molar refractivity (Wildman–Crippen MR) is 110 cm³/mol. The molecule has 0 aliphatic carbocycles. The van der Waals surface area contributed by atoms with E-state index in [4.69, 9.17) is 4.74 Å². The Balaban J connectivity index is 3.47. The molecule has 0 aromatic heterocycles. The summed E-state index contributed by atoms with van der Waals surface area (Å²) in [5, 5.41) is 0. The normalized spacial score (nSPS) is 12.6. The van der Waals surface area contributed by atoms with Crippen molar-refractivity contribution in [3.8, 4) is 0 Å². The number of hydrogen-bond acceptors (Lipinski definition) is 2. The van der Waals surface area contributed by atoms with E-state index >= 15 is 0 Å². The van der Waals surface area contributed by atoms with Crippen molar-refractivity contribution in [2.24, 2.45) is 0 Å². The van der Waals surface area contributed by atoms with Gasteiger partial charge in [0.2, 0.25) is 0 Å². The lowest BCUT2D eigenvalue weighted by molar-refractivity contribution is -0.142. The first kappa shape index (κ1) is 23.2. The van der Waals surface area contributed by atoms with Gasteiger partial charge in [-0.05, 0) is 58.3 Å². The zero-order chi connectivity index (χ0) is 18.4. The van der Waals surface area contributed by atoms with Crippen LogP contribution in [0.2, 0.25) is 0 Å². The Morgan fingerprint density at radius 1 is 0.680 bits per heavy atom. The SMILES string of the molecule is CC/C=C\CCCC/C=C\C/C=C\C/C=C\C/C=C\CC(=O)OCC. The summed E-state index contributed by atoms with van der Waals surface area (Å²) < 4.78 is 4.85. The summed E-state index contributed by atoms with van der Waals surface area (Å²) in [6, 6.07) is 0. The van der Waals surface area contributed by atoms with Crippen LogP contribution in [0.1, 0.15) is 71.6 Å². The maximum atomic E-state index is 11.1. The maximum absolute atomic E-state index is 11.1. The highest BCUT2D eigenvalue weighted by molar-refractivity contribution is 5.71. The van der Waals surface area contributed by atoms with Gasteiger partial charge in [-0.15, -0.1) is 0 Å². The van der Waals surface area contributed by atoms with Gasteiger partial charge >= 0.3 is 5.97 Å². The third kappa shape index (κ3) is 20.1. The van der Waals surface area contributed by atoms with Gasteiger partial charge in [-0.1, -0.05) is 67.7 Å². The Labute approximate surface area is 155 Å². The van der Waals surface area contributed by atoms with E-state index in [1.54, 1.807) is 0 Å². The molecule has 0 saturated carbocycles. The fraction of sp³-hybridized carbons (Fsp3) is 0.522. The average Bonchev–Trinajstić information content (AvgIpc) is 2.61. The molecule has 0 bridgehead atoms. The van der Waals surface area contributed by atoms with Crippen molar-refractivity contribution in [2.45, 2.75) is 71.6 Å². The fourth-order valence-corrected chi connectivity index (χ4v) is 2.14. The molecular formula is C23H36O2. The highest BCUT2D eigenvalue weighted by atomic mass is 16.5. The van der Waals surface area contributed by atoms with Crippen LogP contribution in [0.5, 0.6) is 0 Å². The second-order valence-corrected chi connectivity index (χ2v) is 5.77. The van der Waals surface area contributed by atoms with Gasteiger partial charge in [-0.2, -0.15) is 0 Å². The number of hydrogen-bond donors (Lipinski definition) is 0. The molecule has 0 radical (unpaired) electrons. The van der Waals surface area contributed by atoms with Crippen molar-refractivity contribution in [1.82, 2.24) is 0 Å². The summed E-state index contributed by atoms with van der Waals surface area (Å²) >= 11 is 0. The third-order valence-electron chi connectivity index (χ3n) is 3.47. The molecule has 2 heteroatoms.